The maximum absolute atomic E-state index is 10.1. The highest BCUT2D eigenvalue weighted by atomic mass is 79.9. The van der Waals surface area contributed by atoms with Crippen LogP contribution < -0.4 is 5.32 Å². The second kappa shape index (κ2) is 7.89. The smallest absolute Gasteiger partial charge is 0.0975 e. The molecule has 0 radical (unpaired) electrons. The van der Waals surface area contributed by atoms with E-state index in [0.29, 0.717) is 19.8 Å². The normalized spacial score (nSPS) is 14.4. The molecule has 0 saturated heterocycles. The zero-order valence-corrected chi connectivity index (χ0v) is 12.7. The molecule has 3 nitrogen and oxygen atoms in total. The molecule has 0 heterocycles. The molecule has 0 amide bonds. The van der Waals surface area contributed by atoms with Crippen molar-refractivity contribution in [2.24, 2.45) is 0 Å². The molecule has 1 aromatic carbocycles. The van der Waals surface area contributed by atoms with E-state index in [1.165, 1.54) is 0 Å². The Hall–Kier alpha value is -0.420. The van der Waals surface area contributed by atoms with Crippen molar-refractivity contribution >= 4 is 15.9 Å². The van der Waals surface area contributed by atoms with Crippen molar-refractivity contribution in [3.8, 4) is 0 Å². The van der Waals surface area contributed by atoms with Crippen LogP contribution in [0.1, 0.15) is 25.8 Å². The van der Waals surface area contributed by atoms with Gasteiger partial charge in [0.25, 0.3) is 0 Å². The zero-order valence-electron chi connectivity index (χ0n) is 11.1. The van der Waals surface area contributed by atoms with E-state index in [-0.39, 0.29) is 0 Å². The number of aliphatic hydroxyl groups is 1. The molecule has 0 aliphatic carbocycles. The second-order valence-corrected chi connectivity index (χ2v) is 5.71. The van der Waals surface area contributed by atoms with Gasteiger partial charge in [0, 0.05) is 11.0 Å². The summed E-state index contributed by atoms with van der Waals surface area (Å²) in [4.78, 5) is 0. The number of halogens is 1. The molecule has 18 heavy (non-hydrogen) atoms. The predicted octanol–water partition coefficient (Wildman–Crippen LogP) is 2.72. The van der Waals surface area contributed by atoms with Gasteiger partial charge in [-0.05, 0) is 37.6 Å². The van der Waals surface area contributed by atoms with Gasteiger partial charge in [0.15, 0.2) is 0 Å². The molecule has 1 unspecified atom stereocenters. The van der Waals surface area contributed by atoms with E-state index >= 15 is 0 Å². The maximum atomic E-state index is 10.1. The zero-order chi connectivity index (χ0) is 13.4. The van der Waals surface area contributed by atoms with Gasteiger partial charge in [-0.15, -0.1) is 0 Å². The van der Waals surface area contributed by atoms with Crippen LogP contribution in [0.3, 0.4) is 0 Å². The first-order valence-electron chi connectivity index (χ1n) is 6.29. The molecule has 0 aliphatic rings. The molecule has 2 N–H and O–H groups in total. The van der Waals surface area contributed by atoms with Crippen LogP contribution in [0.15, 0.2) is 28.7 Å². The maximum Gasteiger partial charge on any atom is 0.0975 e. The molecule has 0 spiro atoms. The second-order valence-electron chi connectivity index (χ2n) is 4.79. The molecule has 4 heteroatoms. The fraction of sp³-hybridized carbons (Fsp3) is 0.571. The van der Waals surface area contributed by atoms with Crippen LogP contribution in [0.25, 0.3) is 0 Å². The van der Waals surface area contributed by atoms with E-state index in [1.54, 1.807) is 6.92 Å². The van der Waals surface area contributed by atoms with Gasteiger partial charge in [-0.2, -0.15) is 0 Å². The molecule has 1 atom stereocenters. The molecule has 1 aromatic rings. The van der Waals surface area contributed by atoms with E-state index in [9.17, 15) is 5.11 Å². The highest BCUT2D eigenvalue weighted by Crippen LogP contribution is 2.12. The summed E-state index contributed by atoms with van der Waals surface area (Å²) in [6.45, 7) is 6.23. The Kier molecular flexibility index (Phi) is 6.86. The van der Waals surface area contributed by atoms with E-state index in [0.717, 1.165) is 23.0 Å². The topological polar surface area (TPSA) is 41.5 Å². The third-order valence-electron chi connectivity index (χ3n) is 2.53. The molecule has 1 rings (SSSR count). The van der Waals surface area contributed by atoms with E-state index in [4.69, 9.17) is 4.74 Å². The summed E-state index contributed by atoms with van der Waals surface area (Å²) in [5.74, 6) is 0. The number of hydrogen-bond acceptors (Lipinski definition) is 3. The SMILES string of the molecule is CCCNCC(C)(O)COCc1ccc(Br)cc1. The lowest BCUT2D eigenvalue weighted by Gasteiger charge is -2.23. The monoisotopic (exact) mass is 315 g/mol. The summed E-state index contributed by atoms with van der Waals surface area (Å²) in [7, 11) is 0. The van der Waals surface area contributed by atoms with Crippen LogP contribution in [-0.2, 0) is 11.3 Å². The molecule has 0 aliphatic heterocycles. The minimum absolute atomic E-state index is 0.333. The van der Waals surface area contributed by atoms with Crippen LogP contribution in [0, 0.1) is 0 Å². The average Bonchev–Trinajstić information content (AvgIpc) is 2.32. The fourth-order valence-electron chi connectivity index (χ4n) is 1.55. The van der Waals surface area contributed by atoms with Crippen LogP contribution in [0.2, 0.25) is 0 Å². The van der Waals surface area contributed by atoms with Gasteiger partial charge < -0.3 is 15.2 Å². The summed E-state index contributed by atoms with van der Waals surface area (Å²) >= 11 is 3.39. The Bertz CT molecular complexity index is 338. The molecule has 0 aromatic heterocycles. The van der Waals surface area contributed by atoms with Crippen LogP contribution >= 0.6 is 15.9 Å². The number of rotatable bonds is 8. The largest absolute Gasteiger partial charge is 0.386 e. The minimum atomic E-state index is -0.815. The Balaban J connectivity index is 2.25. The molecule has 0 bridgehead atoms. The highest BCUT2D eigenvalue weighted by molar-refractivity contribution is 9.10. The summed E-state index contributed by atoms with van der Waals surface area (Å²) in [6.07, 6.45) is 1.07. The Labute approximate surface area is 118 Å². The Morgan fingerprint density at radius 3 is 2.61 bits per heavy atom. The Morgan fingerprint density at radius 1 is 1.33 bits per heavy atom. The van der Waals surface area contributed by atoms with E-state index < -0.39 is 5.60 Å². The van der Waals surface area contributed by atoms with Crippen molar-refractivity contribution in [2.45, 2.75) is 32.5 Å². The summed E-state index contributed by atoms with van der Waals surface area (Å²) in [6, 6.07) is 7.99. The van der Waals surface area contributed by atoms with Crippen LogP contribution in [0.4, 0.5) is 0 Å². The number of ether oxygens (including phenoxy) is 1. The molecule has 102 valence electrons. The quantitative estimate of drug-likeness (QED) is 0.725. The van der Waals surface area contributed by atoms with Crippen molar-refractivity contribution in [2.75, 3.05) is 19.7 Å². The van der Waals surface area contributed by atoms with Crippen LogP contribution in [-0.4, -0.2) is 30.4 Å². The highest BCUT2D eigenvalue weighted by Gasteiger charge is 2.19. The third kappa shape index (κ3) is 6.50. The first-order valence-corrected chi connectivity index (χ1v) is 7.08. The molecule has 0 saturated carbocycles. The lowest BCUT2D eigenvalue weighted by molar-refractivity contribution is -0.0378. The number of hydrogen-bond donors (Lipinski definition) is 2. The molecular formula is C14H22BrNO2. The standard InChI is InChI=1S/C14H22BrNO2/c1-3-8-16-10-14(2,17)11-18-9-12-4-6-13(15)7-5-12/h4-7,16-17H,3,8-11H2,1-2H3. The van der Waals surface area contributed by atoms with Crippen molar-refractivity contribution in [3.05, 3.63) is 34.3 Å². The van der Waals surface area contributed by atoms with E-state index in [2.05, 4.69) is 28.2 Å². The van der Waals surface area contributed by atoms with Crippen molar-refractivity contribution in [1.82, 2.24) is 5.32 Å². The van der Waals surface area contributed by atoms with Gasteiger partial charge in [-0.25, -0.2) is 0 Å². The average molecular weight is 316 g/mol. The number of benzene rings is 1. The van der Waals surface area contributed by atoms with Gasteiger partial charge in [-0.1, -0.05) is 35.0 Å². The fourth-order valence-corrected chi connectivity index (χ4v) is 1.82. The minimum Gasteiger partial charge on any atom is -0.386 e. The summed E-state index contributed by atoms with van der Waals surface area (Å²) < 4.78 is 6.61. The van der Waals surface area contributed by atoms with Gasteiger partial charge in [0.1, 0.15) is 0 Å². The lowest BCUT2D eigenvalue weighted by atomic mass is 10.1. The van der Waals surface area contributed by atoms with Crippen molar-refractivity contribution in [3.63, 3.8) is 0 Å². The summed E-state index contributed by atoms with van der Waals surface area (Å²) in [5, 5.41) is 13.3. The van der Waals surface area contributed by atoms with Gasteiger partial charge in [0.05, 0.1) is 18.8 Å². The first-order chi connectivity index (χ1) is 8.53. The Morgan fingerprint density at radius 2 is 2.00 bits per heavy atom. The van der Waals surface area contributed by atoms with Crippen LogP contribution in [0.5, 0.6) is 0 Å². The molecular weight excluding hydrogens is 294 g/mol. The van der Waals surface area contributed by atoms with Gasteiger partial charge in [-0.3, -0.25) is 0 Å². The van der Waals surface area contributed by atoms with E-state index in [1.807, 2.05) is 24.3 Å². The van der Waals surface area contributed by atoms with Gasteiger partial charge in [0.2, 0.25) is 0 Å². The predicted molar refractivity (Wildman–Crippen MR) is 77.6 cm³/mol. The van der Waals surface area contributed by atoms with Crippen molar-refractivity contribution < 1.29 is 9.84 Å². The number of nitrogens with one attached hydrogen (secondary N) is 1. The molecule has 0 fully saturated rings. The third-order valence-corrected chi connectivity index (χ3v) is 3.06. The lowest BCUT2D eigenvalue weighted by Crippen LogP contribution is -2.42. The first kappa shape index (κ1) is 15.6. The van der Waals surface area contributed by atoms with Crippen molar-refractivity contribution in [1.29, 1.82) is 0 Å². The summed E-state index contributed by atoms with van der Waals surface area (Å²) in [5.41, 5.74) is 0.292. The van der Waals surface area contributed by atoms with Gasteiger partial charge >= 0.3 is 0 Å².